The van der Waals surface area contributed by atoms with Crippen molar-refractivity contribution in [1.29, 1.82) is 0 Å². The summed E-state index contributed by atoms with van der Waals surface area (Å²) in [6.45, 7) is 8.30. The van der Waals surface area contributed by atoms with Crippen molar-refractivity contribution in [3.63, 3.8) is 0 Å². The van der Waals surface area contributed by atoms with Crippen molar-refractivity contribution in [2.24, 2.45) is 0 Å². The molecule has 0 aromatic heterocycles. The van der Waals surface area contributed by atoms with Gasteiger partial charge in [-0.25, -0.2) is 0 Å². The predicted molar refractivity (Wildman–Crippen MR) is 140 cm³/mol. The molecule has 2 heterocycles. The van der Waals surface area contributed by atoms with Crippen molar-refractivity contribution in [2.75, 3.05) is 64.6 Å². The lowest BCUT2D eigenvalue weighted by Gasteiger charge is -2.30. The number of amides is 2. The highest BCUT2D eigenvalue weighted by atomic mass is 16.6. The maximum atomic E-state index is 13.4. The van der Waals surface area contributed by atoms with E-state index in [1.165, 1.54) is 7.11 Å². The zero-order chi connectivity index (χ0) is 26.2. The highest BCUT2D eigenvalue weighted by Gasteiger charge is 2.24. The van der Waals surface area contributed by atoms with Crippen LogP contribution in [-0.2, 0) is 20.9 Å². The molecule has 0 unspecified atom stereocenters. The Morgan fingerprint density at radius 3 is 2.49 bits per heavy atom. The number of nitrogens with zero attached hydrogens (tertiary/aromatic N) is 3. The van der Waals surface area contributed by atoms with E-state index in [4.69, 9.17) is 18.9 Å². The maximum absolute atomic E-state index is 13.4. The summed E-state index contributed by atoms with van der Waals surface area (Å²) in [5.41, 5.74) is 1.73. The van der Waals surface area contributed by atoms with Gasteiger partial charge >= 0.3 is 0 Å². The molecule has 0 atom stereocenters. The lowest BCUT2D eigenvalue weighted by molar-refractivity contribution is -0.134. The number of methoxy groups -OCH3 is 1. The summed E-state index contributed by atoms with van der Waals surface area (Å²) in [5, 5.41) is 0. The predicted octanol–water partition coefficient (Wildman–Crippen LogP) is 2.96. The van der Waals surface area contributed by atoms with Gasteiger partial charge in [-0.2, -0.15) is 0 Å². The molecule has 200 valence electrons. The van der Waals surface area contributed by atoms with Crippen molar-refractivity contribution < 1.29 is 28.5 Å². The third kappa shape index (κ3) is 6.93. The smallest absolute Gasteiger partial charge is 0.260 e. The fraction of sp³-hybridized carbons (Fsp3) is 0.500. The molecule has 2 aromatic carbocycles. The standard InChI is InChI=1S/C28H37N3O6/c1-21(2)29-11-6-12-31(28(33)19-34-3)24-8-5-4-7-22(24)18-30(14-13-29)27(32)20-37-23-9-10-25-26(17-23)36-16-15-35-25/h4-5,7-10,17,21H,6,11-16,18-20H2,1-3H3. The first-order valence-corrected chi connectivity index (χ1v) is 12.9. The van der Waals surface area contributed by atoms with Gasteiger partial charge in [-0.15, -0.1) is 0 Å². The SMILES string of the molecule is COCC(=O)N1CCCN(C(C)C)CCN(C(=O)COc2ccc3c(c2)OCCO3)Cc2ccccc21. The Hall–Kier alpha value is -3.30. The monoisotopic (exact) mass is 511 g/mol. The van der Waals surface area contributed by atoms with Crippen molar-refractivity contribution >= 4 is 17.5 Å². The van der Waals surface area contributed by atoms with Crippen LogP contribution in [0.25, 0.3) is 0 Å². The number of ether oxygens (including phenoxy) is 4. The van der Waals surface area contributed by atoms with Gasteiger partial charge in [0.25, 0.3) is 11.8 Å². The molecule has 0 radical (unpaired) electrons. The van der Waals surface area contributed by atoms with Gasteiger partial charge in [0.2, 0.25) is 0 Å². The molecule has 0 aliphatic carbocycles. The molecular formula is C28H37N3O6. The van der Waals surface area contributed by atoms with Crippen molar-refractivity contribution in [2.45, 2.75) is 32.9 Å². The van der Waals surface area contributed by atoms with Gasteiger partial charge in [-0.05, 0) is 44.0 Å². The Bertz CT molecular complexity index is 1080. The second kappa shape index (κ2) is 12.8. The fourth-order valence-electron chi connectivity index (χ4n) is 4.65. The molecule has 37 heavy (non-hydrogen) atoms. The van der Waals surface area contributed by atoms with Crippen LogP contribution in [0.5, 0.6) is 17.2 Å². The normalized spacial score (nSPS) is 16.6. The third-order valence-electron chi connectivity index (χ3n) is 6.66. The molecule has 2 aliphatic heterocycles. The first-order chi connectivity index (χ1) is 18.0. The van der Waals surface area contributed by atoms with E-state index in [2.05, 4.69) is 18.7 Å². The number of para-hydroxylation sites is 1. The third-order valence-corrected chi connectivity index (χ3v) is 6.66. The molecule has 0 saturated heterocycles. The Labute approximate surface area is 218 Å². The molecule has 0 fully saturated rings. The van der Waals surface area contributed by atoms with Gasteiger partial charge in [0.05, 0.1) is 0 Å². The first-order valence-electron chi connectivity index (χ1n) is 12.9. The Morgan fingerprint density at radius 2 is 1.70 bits per heavy atom. The van der Waals surface area contributed by atoms with Gasteiger partial charge in [-0.1, -0.05) is 18.2 Å². The molecule has 2 aliphatic rings. The molecule has 2 amide bonds. The molecule has 0 bridgehead atoms. The van der Waals surface area contributed by atoms with Gasteiger partial charge in [0.1, 0.15) is 25.6 Å². The number of rotatable bonds is 6. The maximum Gasteiger partial charge on any atom is 0.260 e. The van der Waals surface area contributed by atoms with E-state index in [9.17, 15) is 9.59 Å². The Balaban J connectivity index is 1.54. The number of hydrogen-bond donors (Lipinski definition) is 0. The van der Waals surface area contributed by atoms with Crippen LogP contribution in [0.4, 0.5) is 5.69 Å². The average molecular weight is 512 g/mol. The minimum atomic E-state index is -0.123. The molecule has 4 rings (SSSR count). The first kappa shape index (κ1) is 26.8. The molecule has 0 N–H and O–H groups in total. The lowest BCUT2D eigenvalue weighted by Crippen LogP contribution is -2.42. The van der Waals surface area contributed by atoms with E-state index in [0.717, 1.165) is 30.8 Å². The van der Waals surface area contributed by atoms with Gasteiger partial charge in [0, 0.05) is 57.6 Å². The summed E-state index contributed by atoms with van der Waals surface area (Å²) in [6.07, 6.45) is 0.823. The largest absolute Gasteiger partial charge is 0.486 e. The zero-order valence-electron chi connectivity index (χ0n) is 22.0. The van der Waals surface area contributed by atoms with Crippen LogP contribution in [0.3, 0.4) is 0 Å². The minimum Gasteiger partial charge on any atom is -0.486 e. The Kier molecular flexibility index (Phi) is 9.24. The van der Waals surface area contributed by atoms with Crippen LogP contribution in [0.1, 0.15) is 25.8 Å². The van der Waals surface area contributed by atoms with E-state index >= 15 is 0 Å². The summed E-state index contributed by atoms with van der Waals surface area (Å²) >= 11 is 0. The van der Waals surface area contributed by atoms with Crippen LogP contribution in [0, 0.1) is 0 Å². The van der Waals surface area contributed by atoms with Crippen LogP contribution >= 0.6 is 0 Å². The zero-order valence-corrected chi connectivity index (χ0v) is 22.0. The van der Waals surface area contributed by atoms with Gasteiger partial charge < -0.3 is 28.7 Å². The Morgan fingerprint density at radius 1 is 0.919 bits per heavy atom. The van der Waals surface area contributed by atoms with E-state index in [1.807, 2.05) is 29.2 Å². The van der Waals surface area contributed by atoms with Crippen LogP contribution in [0.15, 0.2) is 42.5 Å². The second-order valence-corrected chi connectivity index (χ2v) is 9.50. The average Bonchev–Trinajstić information content (AvgIpc) is 2.94. The van der Waals surface area contributed by atoms with Gasteiger partial charge in [-0.3, -0.25) is 14.5 Å². The lowest BCUT2D eigenvalue weighted by atomic mass is 10.1. The summed E-state index contributed by atoms with van der Waals surface area (Å²) < 4.78 is 22.2. The number of carbonyl (C=O) groups is 2. The quantitative estimate of drug-likeness (QED) is 0.590. The summed E-state index contributed by atoms with van der Waals surface area (Å²) in [5.74, 6) is 1.63. The van der Waals surface area contributed by atoms with E-state index < -0.39 is 0 Å². The number of benzene rings is 2. The molecule has 9 nitrogen and oxygen atoms in total. The van der Waals surface area contributed by atoms with Crippen molar-refractivity contribution in [1.82, 2.24) is 9.80 Å². The summed E-state index contributed by atoms with van der Waals surface area (Å²) in [6, 6.07) is 13.4. The highest BCUT2D eigenvalue weighted by Crippen LogP contribution is 2.33. The van der Waals surface area contributed by atoms with E-state index in [1.54, 1.807) is 23.1 Å². The van der Waals surface area contributed by atoms with Crippen molar-refractivity contribution in [3.8, 4) is 17.2 Å². The molecule has 0 spiro atoms. The fourth-order valence-corrected chi connectivity index (χ4v) is 4.65. The van der Waals surface area contributed by atoms with E-state index in [-0.39, 0.29) is 25.0 Å². The van der Waals surface area contributed by atoms with Crippen LogP contribution < -0.4 is 19.1 Å². The van der Waals surface area contributed by atoms with E-state index in [0.29, 0.717) is 56.1 Å². The summed E-state index contributed by atoms with van der Waals surface area (Å²) in [4.78, 5) is 32.4. The number of anilines is 1. The van der Waals surface area contributed by atoms with Gasteiger partial charge in [0.15, 0.2) is 18.1 Å². The van der Waals surface area contributed by atoms with Crippen LogP contribution in [0.2, 0.25) is 0 Å². The molecule has 9 heteroatoms. The highest BCUT2D eigenvalue weighted by molar-refractivity contribution is 5.95. The molecule has 2 aromatic rings. The van der Waals surface area contributed by atoms with Crippen LogP contribution in [-0.4, -0.2) is 87.4 Å². The second-order valence-electron chi connectivity index (χ2n) is 9.50. The topological polar surface area (TPSA) is 80.8 Å². The van der Waals surface area contributed by atoms with Crippen molar-refractivity contribution in [3.05, 3.63) is 48.0 Å². The number of carbonyl (C=O) groups excluding carboxylic acids is 2. The summed E-state index contributed by atoms with van der Waals surface area (Å²) in [7, 11) is 1.53. The minimum absolute atomic E-state index is 0.00818. The number of fused-ring (bicyclic) bond motifs is 2. The molecule has 0 saturated carbocycles. The molecular weight excluding hydrogens is 474 g/mol. The number of hydrogen-bond acceptors (Lipinski definition) is 7.